The Balaban J connectivity index is 0.00000220. The molecule has 2 aromatic heterocycles. The molecule has 2 rings (SSSR count). The number of aryl methyl sites for hydroxylation is 1. The van der Waals surface area contributed by atoms with Gasteiger partial charge in [-0.1, -0.05) is 19.8 Å². The molecule has 4 N–H and O–H groups in total. The highest BCUT2D eigenvalue weighted by atomic mass is 35.5. The summed E-state index contributed by atoms with van der Waals surface area (Å²) in [7, 11) is 0. The van der Waals surface area contributed by atoms with Crippen LogP contribution in [0.2, 0.25) is 0 Å². The van der Waals surface area contributed by atoms with E-state index in [1.165, 1.54) is 11.3 Å². The van der Waals surface area contributed by atoms with Gasteiger partial charge < -0.3 is 10.7 Å². The van der Waals surface area contributed by atoms with Crippen LogP contribution >= 0.6 is 36.2 Å². The number of thiazole rings is 1. The lowest BCUT2D eigenvalue weighted by atomic mass is 10.2. The lowest BCUT2D eigenvalue weighted by Gasteiger charge is -2.19. The van der Waals surface area contributed by atoms with Gasteiger partial charge in [0.2, 0.25) is 0 Å². The number of aromatic amines is 1. The number of hydrogen-bond acceptors (Lipinski definition) is 4. The molecule has 0 atom stereocenters. The van der Waals surface area contributed by atoms with Gasteiger partial charge in [-0.25, -0.2) is 9.97 Å². The molecule has 124 valence electrons. The summed E-state index contributed by atoms with van der Waals surface area (Å²) in [5, 5.41) is 10.4. The predicted molar refractivity (Wildman–Crippen MR) is 97.7 cm³/mol. The van der Waals surface area contributed by atoms with Crippen LogP contribution in [0, 0.1) is 12.3 Å². The van der Waals surface area contributed by atoms with Gasteiger partial charge in [0.05, 0.1) is 11.9 Å². The van der Waals surface area contributed by atoms with E-state index in [4.69, 9.17) is 11.1 Å². The molecule has 0 aliphatic carbocycles. The van der Waals surface area contributed by atoms with E-state index in [0.29, 0.717) is 0 Å². The second-order valence-electron chi connectivity index (χ2n) is 4.64. The van der Waals surface area contributed by atoms with Gasteiger partial charge in [-0.3, -0.25) is 10.3 Å². The molecule has 0 aromatic carbocycles. The summed E-state index contributed by atoms with van der Waals surface area (Å²) < 4.78 is 0. The first-order valence-corrected chi connectivity index (χ1v) is 7.59. The molecule has 0 saturated heterocycles. The number of anilines is 1. The summed E-state index contributed by atoms with van der Waals surface area (Å²) in [6.07, 6.45) is 5.04. The van der Waals surface area contributed by atoms with Gasteiger partial charge in [0.1, 0.15) is 11.5 Å². The van der Waals surface area contributed by atoms with Crippen LogP contribution in [0.1, 0.15) is 32.0 Å². The van der Waals surface area contributed by atoms with Crippen molar-refractivity contribution in [2.75, 3.05) is 11.4 Å². The van der Waals surface area contributed by atoms with Crippen LogP contribution < -0.4 is 10.6 Å². The van der Waals surface area contributed by atoms with Gasteiger partial charge in [-0.05, 0) is 13.3 Å². The first-order valence-electron chi connectivity index (χ1n) is 6.71. The third-order valence-electron chi connectivity index (χ3n) is 2.98. The molecule has 0 fully saturated rings. The van der Waals surface area contributed by atoms with Crippen LogP contribution in [0.15, 0.2) is 11.6 Å². The Bertz CT molecular complexity index is 583. The predicted octanol–water partition coefficient (Wildman–Crippen LogP) is 3.58. The maximum Gasteiger partial charge on any atom is 0.194 e. The van der Waals surface area contributed by atoms with Gasteiger partial charge in [0.15, 0.2) is 11.1 Å². The van der Waals surface area contributed by atoms with Crippen molar-refractivity contribution < 1.29 is 0 Å². The normalized spacial score (nSPS) is 9.73. The molecule has 2 heterocycles. The number of imidazole rings is 1. The Morgan fingerprint density at radius 1 is 1.41 bits per heavy atom. The van der Waals surface area contributed by atoms with Gasteiger partial charge in [0, 0.05) is 11.9 Å². The molecule has 2 aromatic rings. The van der Waals surface area contributed by atoms with E-state index < -0.39 is 0 Å². The Kier molecular flexibility index (Phi) is 9.08. The number of nitrogens with two attached hydrogens (primary N) is 1. The van der Waals surface area contributed by atoms with Gasteiger partial charge >= 0.3 is 0 Å². The Labute approximate surface area is 146 Å². The van der Waals surface area contributed by atoms with Crippen LogP contribution in [0.25, 0.3) is 11.4 Å². The fourth-order valence-electron chi connectivity index (χ4n) is 1.90. The van der Waals surface area contributed by atoms with Crippen LogP contribution in [0.5, 0.6) is 0 Å². The molecular formula is C13H22Cl2N6S. The minimum absolute atomic E-state index is 0. The number of guanidine groups is 1. The highest BCUT2D eigenvalue weighted by molar-refractivity contribution is 7.14. The Hall–Kier alpha value is -1.31. The van der Waals surface area contributed by atoms with E-state index >= 15 is 0 Å². The minimum Gasteiger partial charge on any atom is -0.370 e. The minimum atomic E-state index is 0. The molecule has 6 nitrogen and oxygen atoms in total. The third-order valence-corrected chi connectivity index (χ3v) is 3.84. The third kappa shape index (κ3) is 5.15. The number of H-pyrrole nitrogens is 1. The van der Waals surface area contributed by atoms with E-state index in [0.717, 1.165) is 48.2 Å². The number of aromatic nitrogens is 3. The van der Waals surface area contributed by atoms with Crippen LogP contribution in [0.4, 0.5) is 5.13 Å². The average molecular weight is 365 g/mol. The topological polar surface area (TPSA) is 94.7 Å². The second kappa shape index (κ2) is 9.66. The molecule has 0 aliphatic heterocycles. The molecular weight excluding hydrogens is 343 g/mol. The van der Waals surface area contributed by atoms with Crippen molar-refractivity contribution in [3.63, 3.8) is 0 Å². The van der Waals surface area contributed by atoms with Crippen molar-refractivity contribution in [2.45, 2.75) is 33.1 Å². The van der Waals surface area contributed by atoms with Crippen molar-refractivity contribution in [3.05, 3.63) is 17.4 Å². The van der Waals surface area contributed by atoms with E-state index in [1.807, 2.05) is 12.3 Å². The van der Waals surface area contributed by atoms with E-state index in [1.54, 1.807) is 11.1 Å². The average Bonchev–Trinajstić information content (AvgIpc) is 3.03. The molecule has 22 heavy (non-hydrogen) atoms. The van der Waals surface area contributed by atoms with E-state index in [-0.39, 0.29) is 30.8 Å². The Morgan fingerprint density at radius 3 is 2.68 bits per heavy atom. The number of nitrogens with zero attached hydrogens (tertiary/aromatic N) is 3. The monoisotopic (exact) mass is 364 g/mol. The summed E-state index contributed by atoms with van der Waals surface area (Å²) in [6.45, 7) is 4.79. The first-order chi connectivity index (χ1) is 9.61. The van der Waals surface area contributed by atoms with Crippen molar-refractivity contribution in [3.8, 4) is 11.4 Å². The standard InChI is InChI=1S/C13H20N6S.2ClH/c1-3-4-5-6-19(12(14)15)13-18-11(8-20-13)10-7-16-9(2)17-10;;/h7-8H,3-6H2,1-2H3,(H3,14,15)(H,16,17);2*1H. The van der Waals surface area contributed by atoms with Gasteiger partial charge in [-0.2, -0.15) is 0 Å². The molecule has 9 heteroatoms. The first kappa shape index (κ1) is 20.7. The summed E-state index contributed by atoms with van der Waals surface area (Å²) >= 11 is 1.49. The molecule has 0 bridgehead atoms. The van der Waals surface area contributed by atoms with Crippen LogP contribution in [-0.4, -0.2) is 27.5 Å². The summed E-state index contributed by atoms with van der Waals surface area (Å²) in [5.41, 5.74) is 7.39. The maximum absolute atomic E-state index is 7.69. The zero-order chi connectivity index (χ0) is 14.5. The number of hydrogen-bond donors (Lipinski definition) is 3. The van der Waals surface area contributed by atoms with E-state index in [9.17, 15) is 0 Å². The molecule has 0 saturated carbocycles. The van der Waals surface area contributed by atoms with Crippen molar-refractivity contribution in [1.29, 1.82) is 5.41 Å². The molecule has 0 spiro atoms. The summed E-state index contributed by atoms with van der Waals surface area (Å²) in [5.74, 6) is 0.906. The molecule has 0 unspecified atom stereocenters. The van der Waals surface area contributed by atoms with Gasteiger partial charge in [0.25, 0.3) is 0 Å². The zero-order valence-corrected chi connectivity index (χ0v) is 15.1. The number of nitrogens with one attached hydrogen (secondary N) is 2. The van der Waals surface area contributed by atoms with Gasteiger partial charge in [-0.15, -0.1) is 36.2 Å². The van der Waals surface area contributed by atoms with Crippen molar-refractivity contribution >= 4 is 47.2 Å². The zero-order valence-electron chi connectivity index (χ0n) is 12.6. The lowest BCUT2D eigenvalue weighted by molar-refractivity contribution is 0.719. The number of halogens is 2. The summed E-state index contributed by atoms with van der Waals surface area (Å²) in [4.78, 5) is 13.6. The quantitative estimate of drug-likeness (QED) is 0.414. The lowest BCUT2D eigenvalue weighted by Crippen LogP contribution is -2.37. The molecule has 0 aliphatic rings. The number of unbranched alkanes of at least 4 members (excludes halogenated alkanes) is 2. The van der Waals surface area contributed by atoms with Crippen LogP contribution in [0.3, 0.4) is 0 Å². The van der Waals surface area contributed by atoms with Crippen LogP contribution in [-0.2, 0) is 0 Å². The number of rotatable bonds is 6. The second-order valence-corrected chi connectivity index (χ2v) is 5.48. The molecule has 0 amide bonds. The largest absolute Gasteiger partial charge is 0.370 e. The van der Waals surface area contributed by atoms with E-state index in [2.05, 4.69) is 21.9 Å². The fourth-order valence-corrected chi connectivity index (χ4v) is 2.77. The van der Waals surface area contributed by atoms with Crippen molar-refractivity contribution in [1.82, 2.24) is 15.0 Å². The fraction of sp³-hybridized carbons (Fsp3) is 0.462. The highest BCUT2D eigenvalue weighted by Crippen LogP contribution is 2.26. The summed E-state index contributed by atoms with van der Waals surface area (Å²) in [6, 6.07) is 0. The van der Waals surface area contributed by atoms with Crippen molar-refractivity contribution in [2.24, 2.45) is 5.73 Å². The molecule has 0 radical (unpaired) electrons. The Morgan fingerprint density at radius 2 is 2.14 bits per heavy atom. The SMILES string of the molecule is CCCCCN(C(=N)N)c1nc(-c2cnc(C)[nH]2)cs1.Cl.Cl. The smallest absolute Gasteiger partial charge is 0.194 e. The maximum atomic E-state index is 7.69. The highest BCUT2D eigenvalue weighted by Gasteiger charge is 2.15.